The van der Waals surface area contributed by atoms with Gasteiger partial charge in [0.1, 0.15) is 5.82 Å². The number of halogens is 2. The van der Waals surface area contributed by atoms with Crippen molar-refractivity contribution in [3.63, 3.8) is 0 Å². The first-order valence-corrected chi connectivity index (χ1v) is 4.58. The molecule has 0 aromatic heterocycles. The van der Waals surface area contributed by atoms with Gasteiger partial charge in [-0.05, 0) is 39.2 Å². The summed E-state index contributed by atoms with van der Waals surface area (Å²) in [6.45, 7) is -0.303. The first-order valence-electron chi connectivity index (χ1n) is 3.79. The number of aliphatic hydroxyl groups is 1. The minimum atomic E-state index is -0.670. The second kappa shape index (κ2) is 4.95. The second-order valence-corrected chi connectivity index (χ2v) is 3.43. The van der Waals surface area contributed by atoms with Crippen LogP contribution in [0.25, 0.3) is 10.4 Å². The minimum absolute atomic E-state index is 0.279. The fraction of sp³-hybridized carbons (Fsp3) is 0.250. The van der Waals surface area contributed by atoms with Crippen molar-refractivity contribution < 1.29 is 9.50 Å². The monoisotopic (exact) mass is 259 g/mol. The fourth-order valence-corrected chi connectivity index (χ4v) is 1.39. The van der Waals surface area contributed by atoms with Crippen molar-refractivity contribution in [3.8, 4) is 0 Å². The molecule has 1 unspecified atom stereocenters. The number of rotatable bonds is 3. The molecule has 0 fully saturated rings. The SMILES string of the molecule is [N-]=[N+]=NC(CO)c1ccc(F)c(Br)c1. The van der Waals surface area contributed by atoms with E-state index in [1.807, 2.05) is 0 Å². The zero-order valence-electron chi connectivity index (χ0n) is 7.06. The smallest absolute Gasteiger partial charge is 0.137 e. The quantitative estimate of drug-likeness (QED) is 0.506. The third-order valence-electron chi connectivity index (χ3n) is 1.69. The Balaban J connectivity index is 3.05. The summed E-state index contributed by atoms with van der Waals surface area (Å²) in [6.07, 6.45) is 0. The van der Waals surface area contributed by atoms with Crippen LogP contribution in [0.15, 0.2) is 27.8 Å². The van der Waals surface area contributed by atoms with Crippen molar-refractivity contribution >= 4 is 15.9 Å². The van der Waals surface area contributed by atoms with E-state index in [1.54, 1.807) is 0 Å². The van der Waals surface area contributed by atoms with Crippen molar-refractivity contribution in [1.82, 2.24) is 0 Å². The number of aliphatic hydroxyl groups excluding tert-OH is 1. The topological polar surface area (TPSA) is 69.0 Å². The molecular formula is C8H7BrFN3O. The molecule has 0 aliphatic heterocycles. The lowest BCUT2D eigenvalue weighted by Crippen LogP contribution is -2.00. The number of benzene rings is 1. The zero-order chi connectivity index (χ0) is 10.6. The maximum atomic E-state index is 12.8. The van der Waals surface area contributed by atoms with E-state index in [4.69, 9.17) is 10.6 Å². The molecule has 0 aliphatic rings. The summed E-state index contributed by atoms with van der Waals surface area (Å²) < 4.78 is 13.1. The summed E-state index contributed by atoms with van der Waals surface area (Å²) in [6, 6.07) is 3.52. The molecule has 1 N–H and O–H groups in total. The number of hydrogen-bond acceptors (Lipinski definition) is 2. The van der Waals surface area contributed by atoms with Crippen LogP contribution >= 0.6 is 15.9 Å². The Labute approximate surface area is 88.1 Å². The first-order chi connectivity index (χ1) is 6.69. The van der Waals surface area contributed by atoms with Gasteiger partial charge in [-0.15, -0.1) is 0 Å². The van der Waals surface area contributed by atoms with E-state index in [-0.39, 0.29) is 11.1 Å². The third-order valence-corrected chi connectivity index (χ3v) is 2.30. The Bertz CT molecular complexity index is 379. The maximum Gasteiger partial charge on any atom is 0.137 e. The van der Waals surface area contributed by atoms with E-state index in [0.29, 0.717) is 5.56 Å². The Morgan fingerprint density at radius 2 is 2.36 bits per heavy atom. The van der Waals surface area contributed by atoms with Crippen molar-refractivity contribution in [2.24, 2.45) is 5.11 Å². The Hall–Kier alpha value is -1.10. The summed E-state index contributed by atoms with van der Waals surface area (Å²) in [5.74, 6) is -0.397. The molecule has 0 heterocycles. The zero-order valence-corrected chi connectivity index (χ0v) is 8.65. The average molecular weight is 260 g/mol. The van der Waals surface area contributed by atoms with E-state index in [1.165, 1.54) is 18.2 Å². The predicted octanol–water partition coefficient (Wildman–Crippen LogP) is 2.93. The molecule has 0 saturated carbocycles. The Kier molecular flexibility index (Phi) is 3.88. The molecule has 0 aliphatic carbocycles. The molecule has 0 bridgehead atoms. The van der Waals surface area contributed by atoms with Crippen molar-refractivity contribution in [2.75, 3.05) is 6.61 Å². The van der Waals surface area contributed by atoms with Crippen LogP contribution in [0, 0.1) is 5.82 Å². The lowest BCUT2D eigenvalue weighted by atomic mass is 10.1. The van der Waals surface area contributed by atoms with Crippen LogP contribution in [0.5, 0.6) is 0 Å². The van der Waals surface area contributed by atoms with Gasteiger partial charge in [-0.3, -0.25) is 0 Å². The van der Waals surface area contributed by atoms with Crippen molar-refractivity contribution in [3.05, 3.63) is 44.5 Å². The van der Waals surface area contributed by atoms with Gasteiger partial charge in [0.05, 0.1) is 17.1 Å². The largest absolute Gasteiger partial charge is 0.396 e. The highest BCUT2D eigenvalue weighted by atomic mass is 79.9. The summed E-state index contributed by atoms with van der Waals surface area (Å²) in [5, 5.41) is 12.3. The van der Waals surface area contributed by atoms with Gasteiger partial charge < -0.3 is 5.11 Å². The predicted molar refractivity (Wildman–Crippen MR) is 53.1 cm³/mol. The first kappa shape index (κ1) is 11.0. The molecule has 0 amide bonds. The van der Waals surface area contributed by atoms with E-state index in [0.717, 1.165) is 0 Å². The lowest BCUT2D eigenvalue weighted by molar-refractivity contribution is 0.268. The summed E-state index contributed by atoms with van der Waals surface area (Å²) in [4.78, 5) is 2.59. The van der Waals surface area contributed by atoms with E-state index < -0.39 is 11.9 Å². The highest BCUT2D eigenvalue weighted by Gasteiger charge is 2.09. The van der Waals surface area contributed by atoms with Gasteiger partial charge in [0.2, 0.25) is 0 Å². The normalized spacial score (nSPS) is 11.9. The molecule has 0 saturated heterocycles. The van der Waals surface area contributed by atoms with Gasteiger partial charge in [-0.1, -0.05) is 11.2 Å². The van der Waals surface area contributed by atoms with Crippen LogP contribution in [-0.4, -0.2) is 11.7 Å². The van der Waals surface area contributed by atoms with Crippen LogP contribution in [-0.2, 0) is 0 Å². The lowest BCUT2D eigenvalue weighted by Gasteiger charge is -2.08. The van der Waals surface area contributed by atoms with Crippen molar-refractivity contribution in [1.29, 1.82) is 0 Å². The second-order valence-electron chi connectivity index (χ2n) is 2.58. The number of azide groups is 1. The summed E-state index contributed by atoms with van der Waals surface area (Å²) in [7, 11) is 0. The van der Waals surface area contributed by atoms with Crippen LogP contribution < -0.4 is 0 Å². The maximum absolute atomic E-state index is 12.8. The standard InChI is InChI=1S/C8H7BrFN3O/c9-6-3-5(1-2-7(6)10)8(4-14)12-13-11/h1-3,8,14H,4H2. The summed E-state index contributed by atoms with van der Waals surface area (Å²) >= 11 is 3.00. The van der Waals surface area contributed by atoms with Crippen LogP contribution in [0.3, 0.4) is 0 Å². The Morgan fingerprint density at radius 3 is 2.86 bits per heavy atom. The van der Waals surface area contributed by atoms with Gasteiger partial charge in [-0.25, -0.2) is 4.39 Å². The number of nitrogens with zero attached hydrogens (tertiary/aromatic N) is 3. The molecule has 74 valence electrons. The molecule has 1 atom stereocenters. The minimum Gasteiger partial charge on any atom is -0.396 e. The molecule has 1 aromatic carbocycles. The Morgan fingerprint density at radius 1 is 1.64 bits per heavy atom. The van der Waals surface area contributed by atoms with Crippen LogP contribution in [0.2, 0.25) is 0 Å². The van der Waals surface area contributed by atoms with Gasteiger partial charge >= 0.3 is 0 Å². The van der Waals surface area contributed by atoms with Crippen LogP contribution in [0.1, 0.15) is 11.6 Å². The molecule has 6 heteroatoms. The van der Waals surface area contributed by atoms with E-state index in [2.05, 4.69) is 26.0 Å². The number of hydrogen-bond donors (Lipinski definition) is 1. The highest BCUT2D eigenvalue weighted by molar-refractivity contribution is 9.10. The van der Waals surface area contributed by atoms with Crippen LogP contribution in [0.4, 0.5) is 4.39 Å². The van der Waals surface area contributed by atoms with Gasteiger partial charge in [0.15, 0.2) is 0 Å². The third kappa shape index (κ3) is 2.45. The molecule has 0 spiro atoms. The van der Waals surface area contributed by atoms with Crippen molar-refractivity contribution in [2.45, 2.75) is 6.04 Å². The summed E-state index contributed by atoms with van der Waals surface area (Å²) in [5.41, 5.74) is 8.78. The average Bonchev–Trinajstić information content (AvgIpc) is 2.19. The fourth-order valence-electron chi connectivity index (χ4n) is 0.991. The van der Waals surface area contributed by atoms with E-state index in [9.17, 15) is 4.39 Å². The van der Waals surface area contributed by atoms with E-state index >= 15 is 0 Å². The molecule has 1 rings (SSSR count). The molecular weight excluding hydrogens is 253 g/mol. The molecule has 0 radical (unpaired) electrons. The van der Waals surface area contributed by atoms with Gasteiger partial charge in [-0.2, -0.15) is 0 Å². The van der Waals surface area contributed by atoms with Gasteiger partial charge in [0, 0.05) is 4.91 Å². The molecule has 1 aromatic rings. The molecule has 14 heavy (non-hydrogen) atoms. The molecule has 4 nitrogen and oxygen atoms in total. The van der Waals surface area contributed by atoms with Gasteiger partial charge in [0.25, 0.3) is 0 Å². The highest BCUT2D eigenvalue weighted by Crippen LogP contribution is 2.23.